The topological polar surface area (TPSA) is 30.0 Å². The first-order valence-electron chi connectivity index (χ1n) is 5.14. The second-order valence-corrected chi connectivity index (χ2v) is 3.75. The Kier molecular flexibility index (Phi) is 4.93. The largest absolute Gasteiger partial charge is 0.276 e. The molecule has 1 heterocycles. The van der Waals surface area contributed by atoms with Crippen LogP contribution in [0.5, 0.6) is 0 Å². The van der Waals surface area contributed by atoms with E-state index in [4.69, 9.17) is 11.6 Å². The lowest BCUT2D eigenvalue weighted by atomic mass is 10.1. The van der Waals surface area contributed by atoms with Gasteiger partial charge in [-0.05, 0) is 43.2 Å². The highest BCUT2D eigenvalue weighted by Gasteiger charge is 2.09. The fourth-order valence-corrected chi connectivity index (χ4v) is 1.51. The second-order valence-electron chi connectivity index (χ2n) is 3.40. The standard InChI is InChI=1S/C13H14ClNO/c1-3-6-10(2)9-11(13(14)16)12-7-4-5-8-15-12/h4-9H,3H2,1-2H3/b10-6+,11-9-. The predicted octanol–water partition coefficient (Wildman–Crippen LogP) is 3.59. The van der Waals surface area contributed by atoms with Crippen LogP contribution in [0.15, 0.2) is 42.1 Å². The van der Waals surface area contributed by atoms with Crippen LogP contribution in [0.2, 0.25) is 0 Å². The maximum atomic E-state index is 11.3. The molecule has 1 aromatic heterocycles. The minimum absolute atomic E-state index is 0.435. The van der Waals surface area contributed by atoms with Crippen LogP contribution in [-0.4, -0.2) is 10.2 Å². The Morgan fingerprint density at radius 3 is 2.75 bits per heavy atom. The highest BCUT2D eigenvalue weighted by atomic mass is 35.5. The van der Waals surface area contributed by atoms with Gasteiger partial charge in [-0.1, -0.05) is 24.6 Å². The zero-order chi connectivity index (χ0) is 12.0. The molecule has 0 atom stereocenters. The van der Waals surface area contributed by atoms with Gasteiger partial charge in [0.1, 0.15) is 0 Å². The Morgan fingerprint density at radius 2 is 2.25 bits per heavy atom. The van der Waals surface area contributed by atoms with Gasteiger partial charge in [-0.25, -0.2) is 0 Å². The van der Waals surface area contributed by atoms with E-state index in [1.807, 2.05) is 26.0 Å². The molecule has 0 saturated heterocycles. The van der Waals surface area contributed by atoms with Crippen molar-refractivity contribution < 1.29 is 4.79 Å². The molecule has 0 fully saturated rings. The number of halogens is 1. The number of pyridine rings is 1. The molecule has 0 radical (unpaired) electrons. The number of hydrogen-bond donors (Lipinski definition) is 0. The molecule has 2 nitrogen and oxygen atoms in total. The van der Waals surface area contributed by atoms with Crippen LogP contribution in [0.3, 0.4) is 0 Å². The molecule has 0 aromatic carbocycles. The van der Waals surface area contributed by atoms with Crippen molar-refractivity contribution in [2.75, 3.05) is 0 Å². The molecule has 0 saturated carbocycles. The summed E-state index contributed by atoms with van der Waals surface area (Å²) in [6.07, 6.45) is 6.36. The van der Waals surface area contributed by atoms with Crippen LogP contribution in [0, 0.1) is 0 Å². The molecule has 84 valence electrons. The van der Waals surface area contributed by atoms with Crippen molar-refractivity contribution in [3.05, 3.63) is 47.8 Å². The number of nitrogens with zero attached hydrogens (tertiary/aromatic N) is 1. The Balaban J connectivity index is 3.11. The van der Waals surface area contributed by atoms with Crippen LogP contribution >= 0.6 is 11.6 Å². The van der Waals surface area contributed by atoms with Crippen molar-refractivity contribution in [1.82, 2.24) is 4.98 Å². The van der Waals surface area contributed by atoms with E-state index >= 15 is 0 Å². The normalized spacial score (nSPS) is 12.7. The number of rotatable bonds is 4. The van der Waals surface area contributed by atoms with Crippen LogP contribution in [0.25, 0.3) is 5.57 Å². The monoisotopic (exact) mass is 235 g/mol. The smallest absolute Gasteiger partial charge is 0.254 e. The molecular formula is C13H14ClNO. The first-order valence-corrected chi connectivity index (χ1v) is 5.52. The molecular weight excluding hydrogens is 222 g/mol. The second kappa shape index (κ2) is 6.23. The maximum absolute atomic E-state index is 11.3. The minimum Gasteiger partial charge on any atom is -0.276 e. The lowest BCUT2D eigenvalue weighted by Crippen LogP contribution is -1.96. The van der Waals surface area contributed by atoms with Gasteiger partial charge in [0.15, 0.2) is 0 Å². The summed E-state index contributed by atoms with van der Waals surface area (Å²) in [6.45, 7) is 3.98. The van der Waals surface area contributed by atoms with E-state index in [-0.39, 0.29) is 0 Å². The average molecular weight is 236 g/mol. The third-order valence-electron chi connectivity index (χ3n) is 2.05. The lowest BCUT2D eigenvalue weighted by Gasteiger charge is -2.01. The van der Waals surface area contributed by atoms with E-state index in [0.29, 0.717) is 11.3 Å². The number of hydrogen-bond acceptors (Lipinski definition) is 2. The molecule has 0 amide bonds. The predicted molar refractivity (Wildman–Crippen MR) is 67.1 cm³/mol. The Labute approximate surface area is 101 Å². The quantitative estimate of drug-likeness (QED) is 0.454. The van der Waals surface area contributed by atoms with Crippen molar-refractivity contribution in [1.29, 1.82) is 0 Å². The van der Waals surface area contributed by atoms with Gasteiger partial charge in [0.05, 0.1) is 11.3 Å². The number of carbonyl (C=O) groups excluding carboxylic acids is 1. The summed E-state index contributed by atoms with van der Waals surface area (Å²) in [5.41, 5.74) is 2.05. The van der Waals surface area contributed by atoms with Crippen molar-refractivity contribution >= 4 is 22.4 Å². The summed E-state index contributed by atoms with van der Waals surface area (Å²) < 4.78 is 0. The third-order valence-corrected chi connectivity index (χ3v) is 2.25. The van der Waals surface area contributed by atoms with Crippen LogP contribution in [0.1, 0.15) is 26.0 Å². The Hall–Kier alpha value is -1.41. The van der Waals surface area contributed by atoms with Crippen molar-refractivity contribution in [2.24, 2.45) is 0 Å². The van der Waals surface area contributed by atoms with E-state index in [0.717, 1.165) is 12.0 Å². The van der Waals surface area contributed by atoms with Gasteiger partial charge < -0.3 is 0 Å². The summed E-state index contributed by atoms with van der Waals surface area (Å²) in [7, 11) is 0. The van der Waals surface area contributed by atoms with Crippen molar-refractivity contribution in [3.63, 3.8) is 0 Å². The van der Waals surface area contributed by atoms with Crippen molar-refractivity contribution in [3.8, 4) is 0 Å². The lowest BCUT2D eigenvalue weighted by molar-refractivity contribution is -0.106. The van der Waals surface area contributed by atoms with Crippen molar-refractivity contribution in [2.45, 2.75) is 20.3 Å². The Bertz CT molecular complexity index is 421. The molecule has 0 aliphatic carbocycles. The number of carbonyl (C=O) groups is 1. The first kappa shape index (κ1) is 12.7. The van der Waals surface area contributed by atoms with Gasteiger partial charge in [-0.2, -0.15) is 0 Å². The van der Waals surface area contributed by atoms with E-state index in [2.05, 4.69) is 4.98 Å². The summed E-state index contributed by atoms with van der Waals surface area (Å²) >= 11 is 5.55. The zero-order valence-corrected chi connectivity index (χ0v) is 10.2. The van der Waals surface area contributed by atoms with E-state index in [1.54, 1.807) is 24.4 Å². The average Bonchev–Trinajstić information content (AvgIpc) is 2.27. The number of aromatic nitrogens is 1. The van der Waals surface area contributed by atoms with Gasteiger partial charge in [-0.15, -0.1) is 0 Å². The van der Waals surface area contributed by atoms with Gasteiger partial charge in [0.25, 0.3) is 5.24 Å². The third kappa shape index (κ3) is 3.63. The van der Waals surface area contributed by atoms with Gasteiger partial charge in [0, 0.05) is 6.20 Å². The summed E-state index contributed by atoms with van der Waals surface area (Å²) in [6, 6.07) is 5.40. The number of allylic oxidation sites excluding steroid dienone is 4. The molecule has 1 rings (SSSR count). The zero-order valence-electron chi connectivity index (χ0n) is 9.40. The maximum Gasteiger partial charge on any atom is 0.254 e. The molecule has 0 bridgehead atoms. The highest BCUT2D eigenvalue weighted by Crippen LogP contribution is 2.17. The van der Waals surface area contributed by atoms with Gasteiger partial charge in [0.2, 0.25) is 0 Å². The van der Waals surface area contributed by atoms with Gasteiger partial charge >= 0.3 is 0 Å². The molecule has 0 unspecified atom stereocenters. The molecule has 16 heavy (non-hydrogen) atoms. The Morgan fingerprint density at radius 1 is 1.50 bits per heavy atom. The molecule has 0 aliphatic rings. The molecule has 1 aromatic rings. The van der Waals surface area contributed by atoms with Crippen LogP contribution in [-0.2, 0) is 4.79 Å². The molecule has 0 spiro atoms. The van der Waals surface area contributed by atoms with Gasteiger partial charge in [-0.3, -0.25) is 9.78 Å². The van der Waals surface area contributed by atoms with E-state index in [9.17, 15) is 4.79 Å². The van der Waals surface area contributed by atoms with Crippen LogP contribution < -0.4 is 0 Å². The minimum atomic E-state index is -0.484. The summed E-state index contributed by atoms with van der Waals surface area (Å²) in [4.78, 5) is 15.4. The summed E-state index contributed by atoms with van der Waals surface area (Å²) in [5.74, 6) is 0. The molecule has 0 aliphatic heterocycles. The van der Waals surface area contributed by atoms with E-state index in [1.165, 1.54) is 0 Å². The fourth-order valence-electron chi connectivity index (χ4n) is 1.36. The SMILES string of the molecule is CC/C=C(C)/C=C(\C(=O)Cl)c1ccccn1. The van der Waals surface area contributed by atoms with Crippen LogP contribution in [0.4, 0.5) is 0 Å². The van der Waals surface area contributed by atoms with E-state index < -0.39 is 5.24 Å². The fraction of sp³-hybridized carbons (Fsp3) is 0.231. The summed E-state index contributed by atoms with van der Waals surface area (Å²) in [5, 5.41) is -0.484. The molecule has 3 heteroatoms. The first-order chi connectivity index (χ1) is 7.65. The molecule has 0 N–H and O–H groups in total. The highest BCUT2D eigenvalue weighted by molar-refractivity contribution is 6.74.